The fourth-order valence-electron chi connectivity index (χ4n) is 1.11. The molecular weight excluding hydrogens is 274 g/mol. The molecule has 0 aliphatic carbocycles. The maximum atomic E-state index is 11.8. The Labute approximate surface area is 118 Å². The van der Waals surface area contributed by atoms with Gasteiger partial charge in [-0.1, -0.05) is 0 Å². The predicted octanol–water partition coefficient (Wildman–Crippen LogP) is 1.22. The summed E-state index contributed by atoms with van der Waals surface area (Å²) in [5, 5.41) is 5.44. The van der Waals surface area contributed by atoms with Crippen LogP contribution < -0.4 is 11.1 Å². The fraction of sp³-hybridized carbons (Fsp3) is 0.636. The highest BCUT2D eigenvalue weighted by atomic mass is 35.5. The molecule has 0 radical (unpaired) electrons. The molecule has 0 saturated carbocycles. The summed E-state index contributed by atoms with van der Waals surface area (Å²) in [4.78, 5) is 16.0. The van der Waals surface area contributed by atoms with Crippen molar-refractivity contribution in [2.24, 2.45) is 5.73 Å². The normalized spacial score (nSPS) is 10.9. The van der Waals surface area contributed by atoms with Crippen LogP contribution in [0.1, 0.15) is 29.3 Å². The number of ether oxygens (including phenoxy) is 1. The number of nitrogens with one attached hydrogen (secondary N) is 1. The number of rotatable bonds is 6. The Kier molecular flexibility index (Phi) is 7.39. The van der Waals surface area contributed by atoms with Crippen LogP contribution in [0.3, 0.4) is 0 Å². The zero-order valence-corrected chi connectivity index (χ0v) is 12.5. The van der Waals surface area contributed by atoms with Gasteiger partial charge in [0.05, 0.1) is 10.6 Å². The van der Waals surface area contributed by atoms with Crippen molar-refractivity contribution in [3.05, 3.63) is 16.1 Å². The lowest BCUT2D eigenvalue weighted by Gasteiger charge is -2.22. The van der Waals surface area contributed by atoms with Gasteiger partial charge >= 0.3 is 0 Å². The predicted molar refractivity (Wildman–Crippen MR) is 75.5 cm³/mol. The van der Waals surface area contributed by atoms with Crippen molar-refractivity contribution in [1.82, 2.24) is 10.3 Å². The van der Waals surface area contributed by atoms with E-state index in [1.807, 2.05) is 13.8 Å². The van der Waals surface area contributed by atoms with Gasteiger partial charge in [-0.15, -0.1) is 23.7 Å². The van der Waals surface area contributed by atoms with Gasteiger partial charge in [-0.2, -0.15) is 0 Å². The van der Waals surface area contributed by atoms with Gasteiger partial charge in [-0.05, 0) is 20.4 Å². The number of hydrogen-bond acceptors (Lipinski definition) is 5. The highest BCUT2D eigenvalue weighted by Crippen LogP contribution is 2.10. The summed E-state index contributed by atoms with van der Waals surface area (Å²) in [6.07, 6.45) is 0.710. The third-order valence-electron chi connectivity index (χ3n) is 2.37. The molecule has 1 amide bonds. The molecule has 1 heterocycles. The lowest BCUT2D eigenvalue weighted by Crippen LogP contribution is -2.39. The number of carbonyl (C=O) groups is 1. The second-order valence-electron chi connectivity index (χ2n) is 4.31. The molecule has 0 fully saturated rings. The molecule has 0 unspecified atom stereocenters. The molecule has 104 valence electrons. The van der Waals surface area contributed by atoms with Crippen LogP contribution >= 0.6 is 23.7 Å². The standard InChI is InChI=1S/C11H19N3O2S.ClH/c1-11(2,16-3)7-13-10(15)8-6-17-9(14-8)4-5-12;/h6H,4-5,7,12H2,1-3H3,(H,13,15);1H. The quantitative estimate of drug-likeness (QED) is 0.827. The van der Waals surface area contributed by atoms with E-state index in [1.165, 1.54) is 11.3 Å². The average molecular weight is 294 g/mol. The second-order valence-corrected chi connectivity index (χ2v) is 5.25. The Hall–Kier alpha value is -0.690. The van der Waals surface area contributed by atoms with Gasteiger partial charge in [0.1, 0.15) is 5.69 Å². The van der Waals surface area contributed by atoms with Gasteiger partial charge in [0.2, 0.25) is 0 Å². The molecule has 1 rings (SSSR count). The van der Waals surface area contributed by atoms with Crippen molar-refractivity contribution in [2.75, 3.05) is 20.2 Å². The maximum Gasteiger partial charge on any atom is 0.270 e. The minimum absolute atomic E-state index is 0. The molecule has 0 bridgehead atoms. The summed E-state index contributed by atoms with van der Waals surface area (Å²) in [7, 11) is 1.62. The third kappa shape index (κ3) is 5.30. The summed E-state index contributed by atoms with van der Waals surface area (Å²) < 4.78 is 5.22. The van der Waals surface area contributed by atoms with Gasteiger partial charge in [-0.25, -0.2) is 4.98 Å². The lowest BCUT2D eigenvalue weighted by atomic mass is 10.1. The molecule has 18 heavy (non-hydrogen) atoms. The van der Waals surface area contributed by atoms with Gasteiger partial charge in [-0.3, -0.25) is 4.79 Å². The van der Waals surface area contributed by atoms with Crippen molar-refractivity contribution in [2.45, 2.75) is 25.9 Å². The molecule has 1 aromatic rings. The van der Waals surface area contributed by atoms with E-state index in [0.717, 1.165) is 5.01 Å². The van der Waals surface area contributed by atoms with E-state index in [1.54, 1.807) is 12.5 Å². The molecule has 0 aliphatic rings. The number of halogens is 1. The van der Waals surface area contributed by atoms with Crippen LogP contribution in [0.5, 0.6) is 0 Å². The molecule has 0 saturated heterocycles. The van der Waals surface area contributed by atoms with Gasteiger partial charge in [0.25, 0.3) is 5.91 Å². The van der Waals surface area contributed by atoms with Crippen LogP contribution in [-0.2, 0) is 11.2 Å². The molecule has 0 atom stereocenters. The van der Waals surface area contributed by atoms with E-state index >= 15 is 0 Å². The van der Waals surface area contributed by atoms with Crippen LogP contribution in [0.25, 0.3) is 0 Å². The van der Waals surface area contributed by atoms with Crippen molar-refractivity contribution < 1.29 is 9.53 Å². The number of carbonyl (C=O) groups excluding carboxylic acids is 1. The van der Waals surface area contributed by atoms with E-state index < -0.39 is 0 Å². The molecule has 7 heteroatoms. The molecule has 0 aromatic carbocycles. The minimum Gasteiger partial charge on any atom is -0.377 e. The van der Waals surface area contributed by atoms with E-state index in [4.69, 9.17) is 10.5 Å². The van der Waals surface area contributed by atoms with E-state index in [2.05, 4.69) is 10.3 Å². The Balaban J connectivity index is 0.00000289. The number of aromatic nitrogens is 1. The summed E-state index contributed by atoms with van der Waals surface area (Å²) in [6, 6.07) is 0. The molecule has 0 spiro atoms. The Morgan fingerprint density at radius 3 is 2.83 bits per heavy atom. The zero-order chi connectivity index (χ0) is 12.9. The molecule has 3 N–H and O–H groups in total. The molecular formula is C11H20ClN3O2S. The topological polar surface area (TPSA) is 77.2 Å². The highest BCUT2D eigenvalue weighted by molar-refractivity contribution is 7.09. The van der Waals surface area contributed by atoms with E-state index in [0.29, 0.717) is 25.2 Å². The van der Waals surface area contributed by atoms with Crippen LogP contribution in [0.15, 0.2) is 5.38 Å². The Morgan fingerprint density at radius 1 is 1.61 bits per heavy atom. The molecule has 0 aliphatic heterocycles. The van der Waals surface area contributed by atoms with E-state index in [-0.39, 0.29) is 23.9 Å². The van der Waals surface area contributed by atoms with E-state index in [9.17, 15) is 4.79 Å². The third-order valence-corrected chi connectivity index (χ3v) is 3.28. The highest BCUT2D eigenvalue weighted by Gasteiger charge is 2.18. The number of amides is 1. The molecule has 5 nitrogen and oxygen atoms in total. The summed E-state index contributed by atoms with van der Waals surface area (Å²) in [6.45, 7) is 4.82. The average Bonchev–Trinajstić information content (AvgIpc) is 2.75. The number of nitrogens with zero attached hydrogens (tertiary/aromatic N) is 1. The first-order valence-corrected chi connectivity index (χ1v) is 6.34. The lowest BCUT2D eigenvalue weighted by molar-refractivity contribution is 0.0228. The van der Waals surface area contributed by atoms with Gasteiger partial charge < -0.3 is 15.8 Å². The van der Waals surface area contributed by atoms with Crippen LogP contribution in [0, 0.1) is 0 Å². The summed E-state index contributed by atoms with van der Waals surface area (Å²) in [5.74, 6) is -0.172. The number of thiazole rings is 1. The monoisotopic (exact) mass is 293 g/mol. The smallest absolute Gasteiger partial charge is 0.270 e. The maximum absolute atomic E-state index is 11.8. The van der Waals surface area contributed by atoms with Crippen LogP contribution in [0.4, 0.5) is 0 Å². The van der Waals surface area contributed by atoms with Crippen molar-refractivity contribution in [3.63, 3.8) is 0 Å². The van der Waals surface area contributed by atoms with Crippen molar-refractivity contribution in [3.8, 4) is 0 Å². The minimum atomic E-state index is -0.369. The van der Waals surface area contributed by atoms with Gasteiger partial charge in [0.15, 0.2) is 0 Å². The van der Waals surface area contributed by atoms with Crippen LogP contribution in [0.2, 0.25) is 0 Å². The van der Waals surface area contributed by atoms with Crippen molar-refractivity contribution in [1.29, 1.82) is 0 Å². The Morgan fingerprint density at radius 2 is 2.28 bits per heavy atom. The SMILES string of the molecule is COC(C)(C)CNC(=O)c1csc(CCN)n1.Cl. The zero-order valence-electron chi connectivity index (χ0n) is 10.9. The summed E-state index contributed by atoms with van der Waals surface area (Å²) in [5.41, 5.74) is 5.51. The first kappa shape index (κ1) is 17.3. The number of methoxy groups -OCH3 is 1. The summed E-state index contributed by atoms with van der Waals surface area (Å²) >= 11 is 1.46. The van der Waals surface area contributed by atoms with Gasteiger partial charge in [0, 0.05) is 25.5 Å². The largest absolute Gasteiger partial charge is 0.377 e. The van der Waals surface area contributed by atoms with Crippen LogP contribution in [-0.4, -0.2) is 36.7 Å². The second kappa shape index (κ2) is 7.68. The fourth-order valence-corrected chi connectivity index (χ4v) is 1.90. The molecule has 1 aromatic heterocycles. The van der Waals surface area contributed by atoms with Crippen molar-refractivity contribution >= 4 is 29.7 Å². The first-order chi connectivity index (χ1) is 7.98. The Bertz CT molecular complexity index is 382. The number of hydrogen-bond donors (Lipinski definition) is 2. The number of nitrogens with two attached hydrogens (primary N) is 1. The first-order valence-electron chi connectivity index (χ1n) is 5.46.